The second kappa shape index (κ2) is 7.05. The Morgan fingerprint density at radius 2 is 2.06 bits per heavy atom. The van der Waals surface area contributed by atoms with Crippen LogP contribution in [-0.2, 0) is 20.9 Å². The molecule has 1 saturated heterocycles. The summed E-state index contributed by atoms with van der Waals surface area (Å²) in [6, 6.07) is 10.6. The van der Waals surface area contributed by atoms with Crippen LogP contribution in [0.3, 0.4) is 0 Å². The van der Waals surface area contributed by atoms with Crippen molar-refractivity contribution in [2.45, 2.75) is 32.0 Å². The van der Waals surface area contributed by atoms with E-state index in [1.165, 1.54) is 28.2 Å². The molecule has 0 radical (unpaired) electrons. The first-order valence-corrected chi connectivity index (χ1v) is 10.7. The monoisotopic (exact) mass is 437 g/mol. The zero-order valence-corrected chi connectivity index (χ0v) is 17.8. The maximum absolute atomic E-state index is 13.4. The normalized spacial score (nSPS) is 20.1. The van der Waals surface area contributed by atoms with E-state index < -0.39 is 11.6 Å². The van der Waals surface area contributed by atoms with Gasteiger partial charge in [-0.3, -0.25) is 14.5 Å². The van der Waals surface area contributed by atoms with Crippen molar-refractivity contribution < 1.29 is 23.5 Å². The Morgan fingerprint density at radius 3 is 2.84 bits per heavy atom. The largest absolute Gasteiger partial charge is 0.456 e. The van der Waals surface area contributed by atoms with Gasteiger partial charge in [-0.05, 0) is 30.5 Å². The Kier molecular flexibility index (Phi) is 4.44. The molecule has 8 nitrogen and oxygen atoms in total. The molecule has 0 saturated carbocycles. The lowest BCUT2D eigenvalue weighted by Gasteiger charge is -2.46. The first-order chi connectivity index (χ1) is 14.9. The van der Waals surface area contributed by atoms with Crippen LogP contribution in [0.5, 0.6) is 0 Å². The maximum Gasteiger partial charge on any atom is 0.354 e. The number of amides is 2. The molecule has 5 rings (SSSR count). The predicted octanol–water partition coefficient (Wildman–Crippen LogP) is 3.36. The molecule has 1 aromatic carbocycles. The molecule has 0 bridgehead atoms. The van der Waals surface area contributed by atoms with Gasteiger partial charge >= 0.3 is 5.97 Å². The number of fused-ring (bicyclic) bond motifs is 3. The quantitative estimate of drug-likeness (QED) is 0.581. The molecule has 2 aliphatic heterocycles. The van der Waals surface area contributed by atoms with E-state index in [2.05, 4.69) is 4.98 Å². The van der Waals surface area contributed by atoms with Crippen LogP contribution in [0.4, 0.5) is 5.69 Å². The number of carbonyl (C=O) groups excluding carboxylic acids is 3. The van der Waals surface area contributed by atoms with Gasteiger partial charge in [-0.1, -0.05) is 18.2 Å². The molecule has 31 heavy (non-hydrogen) atoms. The summed E-state index contributed by atoms with van der Waals surface area (Å²) in [6.07, 6.45) is 0.312. The molecule has 1 unspecified atom stereocenters. The number of nitrogens with zero attached hydrogens (tertiary/aromatic N) is 3. The summed E-state index contributed by atoms with van der Waals surface area (Å²) in [6.45, 7) is 1.64. The number of para-hydroxylation sites is 1. The number of likely N-dealkylation sites (N-methyl/N-ethyl adjacent to an activating group) is 1. The van der Waals surface area contributed by atoms with Gasteiger partial charge in [0.1, 0.15) is 18.1 Å². The predicted molar refractivity (Wildman–Crippen MR) is 112 cm³/mol. The van der Waals surface area contributed by atoms with Crippen LogP contribution in [0.1, 0.15) is 34.7 Å². The average Bonchev–Trinajstić information content (AvgIpc) is 3.50. The number of anilines is 1. The highest BCUT2D eigenvalue weighted by molar-refractivity contribution is 7.13. The second-order valence-electron chi connectivity index (χ2n) is 7.50. The minimum atomic E-state index is -1.50. The number of carbonyl (C=O) groups is 3. The first kappa shape index (κ1) is 19.5. The molecule has 1 fully saturated rings. The molecule has 2 aromatic heterocycles. The number of aryl methyl sites for hydroxylation is 1. The minimum Gasteiger partial charge on any atom is -0.456 e. The molecular weight excluding hydrogens is 418 g/mol. The van der Waals surface area contributed by atoms with Crippen LogP contribution in [0, 0.1) is 6.92 Å². The number of rotatable bonds is 4. The average molecular weight is 437 g/mol. The van der Waals surface area contributed by atoms with Crippen LogP contribution >= 0.6 is 11.3 Å². The lowest BCUT2D eigenvalue weighted by Crippen LogP contribution is -2.67. The molecule has 2 aliphatic rings. The van der Waals surface area contributed by atoms with E-state index in [4.69, 9.17) is 9.15 Å². The fraction of sp³-hybridized carbons (Fsp3) is 0.273. The Balaban J connectivity index is 1.45. The van der Waals surface area contributed by atoms with Crippen LogP contribution in [0.25, 0.3) is 10.8 Å². The number of benzene rings is 1. The third-order valence-electron chi connectivity index (χ3n) is 5.83. The van der Waals surface area contributed by atoms with Crippen molar-refractivity contribution in [2.75, 3.05) is 11.9 Å². The number of ether oxygens (including phenoxy) is 1. The zero-order chi connectivity index (χ0) is 21.8. The third kappa shape index (κ3) is 2.80. The summed E-state index contributed by atoms with van der Waals surface area (Å²) in [5.74, 6) is -0.194. The van der Waals surface area contributed by atoms with Crippen molar-refractivity contribution in [1.82, 2.24) is 9.88 Å². The smallest absolute Gasteiger partial charge is 0.354 e. The van der Waals surface area contributed by atoms with Crippen LogP contribution in [-0.4, -0.2) is 40.4 Å². The highest BCUT2D eigenvalue weighted by Crippen LogP contribution is 2.44. The van der Waals surface area contributed by atoms with Gasteiger partial charge in [0, 0.05) is 19.9 Å². The van der Waals surface area contributed by atoms with E-state index in [0.717, 1.165) is 4.88 Å². The molecule has 9 heteroatoms. The van der Waals surface area contributed by atoms with E-state index in [0.29, 0.717) is 28.6 Å². The summed E-state index contributed by atoms with van der Waals surface area (Å²) in [7, 11) is 1.53. The molecule has 0 N–H and O–H groups in total. The minimum absolute atomic E-state index is 0.118. The fourth-order valence-corrected chi connectivity index (χ4v) is 4.86. The Labute approximate surface area is 182 Å². The van der Waals surface area contributed by atoms with Crippen LogP contribution < -0.4 is 4.90 Å². The van der Waals surface area contributed by atoms with Gasteiger partial charge < -0.3 is 14.1 Å². The Hall–Kier alpha value is -3.46. The second-order valence-corrected chi connectivity index (χ2v) is 8.45. The van der Waals surface area contributed by atoms with Crippen molar-refractivity contribution in [3.63, 3.8) is 0 Å². The van der Waals surface area contributed by atoms with Crippen molar-refractivity contribution in [1.29, 1.82) is 0 Å². The van der Waals surface area contributed by atoms with E-state index in [1.54, 1.807) is 31.2 Å². The van der Waals surface area contributed by atoms with Gasteiger partial charge in [-0.2, -0.15) is 0 Å². The maximum atomic E-state index is 13.4. The number of oxazole rings is 1. The Bertz CT molecular complexity index is 1200. The SMILES string of the molecule is Cc1oc(-c2cccs2)nc1COC(=O)C12CCC(=O)N1c1ccccc1C(=O)N2C. The van der Waals surface area contributed by atoms with Crippen molar-refractivity contribution in [3.05, 3.63) is 58.8 Å². The van der Waals surface area contributed by atoms with Gasteiger partial charge in [0.2, 0.25) is 17.5 Å². The lowest BCUT2D eigenvalue weighted by molar-refractivity contribution is -0.158. The van der Waals surface area contributed by atoms with Crippen molar-refractivity contribution in [2.24, 2.45) is 0 Å². The summed E-state index contributed by atoms with van der Waals surface area (Å²) < 4.78 is 11.3. The number of esters is 1. The van der Waals surface area contributed by atoms with Crippen molar-refractivity contribution in [3.8, 4) is 10.8 Å². The number of aromatic nitrogens is 1. The molecule has 2 amide bonds. The summed E-state index contributed by atoms with van der Waals surface area (Å²) in [4.78, 5) is 47.1. The first-order valence-electron chi connectivity index (χ1n) is 9.81. The van der Waals surface area contributed by atoms with Gasteiger partial charge in [-0.15, -0.1) is 11.3 Å². The van der Waals surface area contributed by atoms with Crippen molar-refractivity contribution >= 4 is 34.8 Å². The van der Waals surface area contributed by atoms with Crippen LogP contribution in [0.15, 0.2) is 46.2 Å². The molecule has 3 aromatic rings. The number of thiophene rings is 1. The molecule has 0 aliphatic carbocycles. The molecule has 0 spiro atoms. The van der Waals surface area contributed by atoms with Gasteiger partial charge in [0.15, 0.2) is 0 Å². The third-order valence-corrected chi connectivity index (χ3v) is 6.69. The standard InChI is InChI=1S/C22H19N3O5S/c1-13-15(23-19(30-13)17-8-5-11-31-17)12-29-21(28)22-10-9-18(26)25(22)16-7-4-3-6-14(16)20(27)24(22)2/h3-8,11H,9-10,12H2,1-2H3. The Morgan fingerprint density at radius 1 is 1.26 bits per heavy atom. The summed E-state index contributed by atoms with van der Waals surface area (Å²) >= 11 is 1.50. The highest BCUT2D eigenvalue weighted by atomic mass is 32.1. The molecular formula is C22H19N3O5S. The summed E-state index contributed by atoms with van der Waals surface area (Å²) in [5.41, 5.74) is -0.190. The van der Waals surface area contributed by atoms with E-state index in [1.807, 2.05) is 17.5 Å². The van der Waals surface area contributed by atoms with Gasteiger partial charge in [-0.25, -0.2) is 9.78 Å². The topological polar surface area (TPSA) is 93.0 Å². The van der Waals surface area contributed by atoms with Gasteiger partial charge in [0.25, 0.3) is 5.91 Å². The lowest BCUT2D eigenvalue weighted by atomic mass is 9.97. The van der Waals surface area contributed by atoms with Gasteiger partial charge in [0.05, 0.1) is 16.1 Å². The fourth-order valence-electron chi connectivity index (χ4n) is 4.21. The number of hydrogen-bond donors (Lipinski definition) is 0. The zero-order valence-electron chi connectivity index (χ0n) is 17.0. The summed E-state index contributed by atoms with van der Waals surface area (Å²) in [5, 5.41) is 1.92. The van der Waals surface area contributed by atoms with E-state index >= 15 is 0 Å². The van der Waals surface area contributed by atoms with Crippen LogP contribution in [0.2, 0.25) is 0 Å². The highest BCUT2D eigenvalue weighted by Gasteiger charge is 2.60. The molecule has 4 heterocycles. The molecule has 158 valence electrons. The number of hydrogen-bond acceptors (Lipinski definition) is 7. The molecule has 1 atom stereocenters. The van der Waals surface area contributed by atoms with E-state index in [9.17, 15) is 14.4 Å². The van der Waals surface area contributed by atoms with E-state index in [-0.39, 0.29) is 31.3 Å².